The van der Waals surface area contributed by atoms with Crippen molar-refractivity contribution >= 4 is 22.6 Å². The zero-order valence-corrected chi connectivity index (χ0v) is 27.6. The van der Waals surface area contributed by atoms with Crippen LogP contribution in [0.15, 0.2) is 11.8 Å². The summed E-state index contributed by atoms with van der Waals surface area (Å²) in [5, 5.41) is 0. The summed E-state index contributed by atoms with van der Waals surface area (Å²) in [7, 11) is -1.78. The van der Waals surface area contributed by atoms with Crippen LogP contribution in [0.1, 0.15) is 78.6 Å². The van der Waals surface area contributed by atoms with Crippen LogP contribution in [-0.4, -0.2) is 35.8 Å². The van der Waals surface area contributed by atoms with Gasteiger partial charge in [-0.15, -0.1) is 0 Å². The van der Waals surface area contributed by atoms with E-state index in [0.29, 0.717) is 58.9 Å². The minimum atomic E-state index is -1.74. The number of methoxy groups -OCH3 is 1. The van der Waals surface area contributed by atoms with Gasteiger partial charge in [0.05, 0.1) is 12.9 Å². The van der Waals surface area contributed by atoms with E-state index in [-0.39, 0.29) is 5.97 Å². The Hall–Kier alpha value is -0.596. The molecular weight excluding hydrogens is 493 g/mol. The Morgan fingerprint density at radius 2 is 1.62 bits per heavy atom. The van der Waals surface area contributed by atoms with Crippen molar-refractivity contribution in [2.24, 2.45) is 46.3 Å². The third-order valence-corrected chi connectivity index (χ3v) is 12.8. The van der Waals surface area contributed by atoms with E-state index < -0.39 is 16.6 Å². The average molecular weight is 549 g/mol. The molecule has 0 N–H and O–H groups in total. The lowest BCUT2D eigenvalue weighted by Gasteiger charge is -2.60. The molecule has 4 unspecified atom stereocenters. The average Bonchev–Trinajstić information content (AvgIpc) is 3.13. The first kappa shape index (κ1) is 29.4. The Kier molecular flexibility index (Phi) is 8.28. The summed E-state index contributed by atoms with van der Waals surface area (Å²) < 4.78 is 18.6. The molecule has 0 spiro atoms. The normalized spacial score (nSPS) is 40.6. The number of hydrogen-bond donors (Lipinski definition) is 0. The predicted octanol–water partition coefficient (Wildman–Crippen LogP) is 8.41. The van der Waals surface area contributed by atoms with E-state index in [1.54, 1.807) is 0 Å². The Labute approximate surface area is 229 Å². The summed E-state index contributed by atoms with van der Waals surface area (Å²) in [4.78, 5) is 11.9. The zero-order chi connectivity index (χ0) is 27.4. The summed E-state index contributed by atoms with van der Waals surface area (Å²) >= 11 is 0. The molecule has 4 nitrogen and oxygen atoms in total. The number of hydrogen-bond acceptors (Lipinski definition) is 4. The zero-order valence-electron chi connectivity index (χ0n) is 25.6. The molecule has 0 aliphatic heterocycles. The van der Waals surface area contributed by atoms with E-state index in [2.05, 4.69) is 66.1 Å². The van der Waals surface area contributed by atoms with Gasteiger partial charge in [-0.25, -0.2) is 0 Å². The van der Waals surface area contributed by atoms with Crippen molar-refractivity contribution in [3.8, 4) is 0 Å². The third kappa shape index (κ3) is 5.96. The van der Waals surface area contributed by atoms with Gasteiger partial charge in [-0.1, -0.05) is 20.8 Å². The molecule has 0 amide bonds. The van der Waals surface area contributed by atoms with Crippen LogP contribution in [0.2, 0.25) is 39.3 Å². The monoisotopic (exact) mass is 548 g/mol. The Bertz CT molecular complexity index is 873. The van der Waals surface area contributed by atoms with Crippen LogP contribution in [-0.2, 0) is 18.4 Å². The van der Waals surface area contributed by atoms with Crippen molar-refractivity contribution in [1.82, 2.24) is 0 Å². The molecule has 4 aliphatic carbocycles. The number of ether oxygens (including phenoxy) is 1. The Morgan fingerprint density at radius 1 is 0.973 bits per heavy atom. The number of carbonyl (C=O) groups excluding carboxylic acids is 1. The van der Waals surface area contributed by atoms with Crippen molar-refractivity contribution in [3.05, 3.63) is 11.8 Å². The third-order valence-electron chi connectivity index (χ3n) is 10.9. The first-order valence-electron chi connectivity index (χ1n) is 15.2. The molecule has 0 bridgehead atoms. The fraction of sp³-hybridized carbons (Fsp3) is 0.903. The minimum absolute atomic E-state index is 0.0658. The van der Waals surface area contributed by atoms with Gasteiger partial charge in [-0.3, -0.25) is 4.79 Å². The topological polar surface area (TPSA) is 44.8 Å². The molecule has 0 aromatic rings. The largest absolute Gasteiger partial charge is 0.547 e. The standard InChI is InChI=1S/C31H56O4Si2/c1-21(11-14-28(32)33-4)24-12-13-25-29-26(16-18-31(24,25)3)30(2)17-15-23(34-36(5,6)7)19-22(30)20-27(29)35-37(8,9)10/h20-26,29H,11-19H2,1-10H3/t21-,22+,23-,24?,25?,26?,29?,30+,31-/m1/s1. The second kappa shape index (κ2) is 10.4. The van der Waals surface area contributed by atoms with Crippen molar-refractivity contribution in [2.45, 2.75) is 124 Å². The van der Waals surface area contributed by atoms with E-state index in [0.717, 1.165) is 12.8 Å². The van der Waals surface area contributed by atoms with E-state index in [1.165, 1.54) is 51.4 Å². The maximum Gasteiger partial charge on any atom is 0.305 e. The van der Waals surface area contributed by atoms with Gasteiger partial charge in [0.1, 0.15) is 0 Å². The molecule has 37 heavy (non-hydrogen) atoms. The maximum atomic E-state index is 11.9. The van der Waals surface area contributed by atoms with E-state index in [4.69, 9.17) is 13.6 Å². The second-order valence-electron chi connectivity index (χ2n) is 15.6. The number of rotatable bonds is 8. The fourth-order valence-corrected chi connectivity index (χ4v) is 11.4. The predicted molar refractivity (Wildman–Crippen MR) is 157 cm³/mol. The molecule has 0 aromatic carbocycles. The van der Waals surface area contributed by atoms with Crippen LogP contribution >= 0.6 is 0 Å². The minimum Gasteiger partial charge on any atom is -0.547 e. The number of allylic oxidation sites excluding steroid dienone is 2. The van der Waals surface area contributed by atoms with Crippen molar-refractivity contribution in [1.29, 1.82) is 0 Å². The molecule has 3 saturated carbocycles. The van der Waals surface area contributed by atoms with Gasteiger partial charge in [-0.05, 0) is 137 Å². The Morgan fingerprint density at radius 3 is 2.24 bits per heavy atom. The summed E-state index contributed by atoms with van der Waals surface area (Å²) in [5.74, 6) is 5.05. The van der Waals surface area contributed by atoms with Crippen molar-refractivity contribution < 1.29 is 18.4 Å². The number of fused-ring (bicyclic) bond motifs is 5. The SMILES string of the molecule is COC(=O)CC[C@@H](C)C1CCC2C3C(O[Si](C)(C)C)=C[C@@H]4C[C@H](O[Si](C)(C)C)CC[C@]4(C)C3CC[C@@]21C. The van der Waals surface area contributed by atoms with Gasteiger partial charge in [-0.2, -0.15) is 0 Å². The maximum absolute atomic E-state index is 11.9. The highest BCUT2D eigenvalue weighted by Gasteiger charge is 2.62. The summed E-state index contributed by atoms with van der Waals surface area (Å²) in [6.07, 6.45) is 13.4. The van der Waals surface area contributed by atoms with Crippen molar-refractivity contribution in [3.63, 3.8) is 0 Å². The summed E-state index contributed by atoms with van der Waals surface area (Å²) in [6, 6.07) is 0. The fourth-order valence-electron chi connectivity index (χ4n) is 9.32. The molecule has 212 valence electrons. The molecule has 4 rings (SSSR count). The first-order valence-corrected chi connectivity index (χ1v) is 22.0. The van der Waals surface area contributed by atoms with Gasteiger partial charge in [0.2, 0.25) is 8.32 Å². The van der Waals surface area contributed by atoms with Crippen LogP contribution in [0.3, 0.4) is 0 Å². The number of esters is 1. The van der Waals surface area contributed by atoms with Crippen LogP contribution in [0.5, 0.6) is 0 Å². The highest BCUT2D eigenvalue weighted by molar-refractivity contribution is 6.70. The Balaban J connectivity index is 1.63. The van der Waals surface area contributed by atoms with E-state index >= 15 is 0 Å². The highest BCUT2D eigenvalue weighted by atomic mass is 28.4. The van der Waals surface area contributed by atoms with Gasteiger partial charge < -0.3 is 13.6 Å². The molecule has 0 saturated heterocycles. The molecule has 0 aromatic heterocycles. The van der Waals surface area contributed by atoms with Gasteiger partial charge in [0.25, 0.3) is 0 Å². The molecule has 3 fully saturated rings. The molecule has 6 heteroatoms. The first-order chi connectivity index (χ1) is 17.1. The molecule has 4 aliphatic rings. The van der Waals surface area contributed by atoms with Crippen LogP contribution in [0.25, 0.3) is 0 Å². The molecule has 0 heterocycles. The molecule has 9 atom stereocenters. The molecule has 0 radical (unpaired) electrons. The van der Waals surface area contributed by atoms with Gasteiger partial charge >= 0.3 is 5.97 Å². The smallest absolute Gasteiger partial charge is 0.305 e. The second-order valence-corrected chi connectivity index (χ2v) is 24.5. The lowest BCUT2D eigenvalue weighted by atomic mass is 9.46. The van der Waals surface area contributed by atoms with Crippen LogP contribution in [0.4, 0.5) is 0 Å². The lowest BCUT2D eigenvalue weighted by molar-refractivity contribution is -0.141. The van der Waals surface area contributed by atoms with E-state index in [1.807, 2.05) is 0 Å². The van der Waals surface area contributed by atoms with E-state index in [9.17, 15) is 4.79 Å². The lowest BCUT2D eigenvalue weighted by Crippen LogP contribution is -2.55. The highest BCUT2D eigenvalue weighted by Crippen LogP contribution is 2.68. The molecular formula is C31H56O4Si2. The van der Waals surface area contributed by atoms with Gasteiger partial charge in [0.15, 0.2) is 8.32 Å². The van der Waals surface area contributed by atoms with Crippen LogP contribution in [0, 0.1) is 46.3 Å². The summed E-state index contributed by atoms with van der Waals surface area (Å²) in [6.45, 7) is 21.7. The number of carbonyl (C=O) groups is 1. The van der Waals surface area contributed by atoms with Crippen LogP contribution < -0.4 is 0 Å². The quantitative estimate of drug-likeness (QED) is 0.226. The van der Waals surface area contributed by atoms with Gasteiger partial charge in [0, 0.05) is 18.4 Å². The summed E-state index contributed by atoms with van der Waals surface area (Å²) in [5.41, 5.74) is 0.687. The van der Waals surface area contributed by atoms with Crippen molar-refractivity contribution in [2.75, 3.05) is 7.11 Å².